The van der Waals surface area contributed by atoms with Crippen molar-refractivity contribution < 1.29 is 4.79 Å². The number of fused-ring (bicyclic) bond motifs is 1. The van der Waals surface area contributed by atoms with Crippen LogP contribution in [0.5, 0.6) is 0 Å². The van der Waals surface area contributed by atoms with E-state index in [9.17, 15) is 4.79 Å². The zero-order valence-electron chi connectivity index (χ0n) is 18.4. The van der Waals surface area contributed by atoms with Gasteiger partial charge in [0, 0.05) is 68.5 Å². The van der Waals surface area contributed by atoms with Gasteiger partial charge in [0.05, 0.1) is 5.69 Å². The molecule has 168 valence electrons. The van der Waals surface area contributed by atoms with Crippen LogP contribution in [0.25, 0.3) is 6.08 Å². The van der Waals surface area contributed by atoms with Gasteiger partial charge in [0.15, 0.2) is 0 Å². The monoisotopic (exact) mass is 495 g/mol. The summed E-state index contributed by atoms with van der Waals surface area (Å²) in [4.78, 5) is 29.3. The molecule has 1 amide bonds. The van der Waals surface area contributed by atoms with Crippen molar-refractivity contribution in [2.45, 2.75) is 38.1 Å². The number of carbonyl (C=O) groups excluding carboxylic acids is 1. The number of anilines is 1. The third-order valence-corrected chi connectivity index (χ3v) is 7.74. The second-order valence-corrected chi connectivity index (χ2v) is 9.78. The zero-order chi connectivity index (χ0) is 21.9. The summed E-state index contributed by atoms with van der Waals surface area (Å²) in [6.45, 7) is 5.61. The molecule has 5 rings (SSSR count). The van der Waals surface area contributed by atoms with Crippen LogP contribution < -0.4 is 4.90 Å². The summed E-state index contributed by atoms with van der Waals surface area (Å²) in [7, 11) is 0. The first-order chi connectivity index (χ1) is 15.7. The van der Waals surface area contributed by atoms with Crippen LogP contribution >= 0.6 is 15.9 Å². The molecular formula is C25H30BrN5O. The van der Waals surface area contributed by atoms with E-state index in [0.717, 1.165) is 66.7 Å². The van der Waals surface area contributed by atoms with E-state index in [1.807, 2.05) is 41.4 Å². The topological polar surface area (TPSA) is 52.6 Å². The second-order valence-electron chi connectivity index (χ2n) is 8.93. The molecule has 1 saturated heterocycles. The first kappa shape index (κ1) is 21.6. The van der Waals surface area contributed by atoms with E-state index in [2.05, 4.69) is 25.7 Å². The van der Waals surface area contributed by atoms with E-state index in [1.165, 1.54) is 24.8 Å². The highest BCUT2D eigenvalue weighted by Crippen LogP contribution is 2.26. The Kier molecular flexibility index (Phi) is 6.55. The van der Waals surface area contributed by atoms with Crippen molar-refractivity contribution in [1.29, 1.82) is 0 Å². The minimum atomic E-state index is 0.0499. The SMILES string of the molecule is O=C(C=Cc1ccccc1Br)N1CCc2cnc(N3CCN(C4CCC4)CC3)nc2CC1. The normalized spacial score (nSPS) is 20.2. The molecule has 2 aliphatic heterocycles. The molecule has 2 fully saturated rings. The summed E-state index contributed by atoms with van der Waals surface area (Å²) in [6.07, 6.45) is 11.2. The number of hydrogen-bond acceptors (Lipinski definition) is 5. The van der Waals surface area contributed by atoms with E-state index in [1.54, 1.807) is 6.08 Å². The average molecular weight is 496 g/mol. The number of halogens is 1. The predicted molar refractivity (Wildman–Crippen MR) is 131 cm³/mol. The highest BCUT2D eigenvalue weighted by Gasteiger charge is 2.29. The van der Waals surface area contributed by atoms with Crippen molar-refractivity contribution >= 4 is 33.9 Å². The van der Waals surface area contributed by atoms with Gasteiger partial charge in [-0.25, -0.2) is 9.97 Å². The summed E-state index contributed by atoms with van der Waals surface area (Å²) in [6, 6.07) is 8.73. The van der Waals surface area contributed by atoms with E-state index < -0.39 is 0 Å². The van der Waals surface area contributed by atoms with Crippen LogP contribution in [-0.2, 0) is 17.6 Å². The van der Waals surface area contributed by atoms with Crippen LogP contribution in [0, 0.1) is 0 Å². The van der Waals surface area contributed by atoms with Crippen molar-refractivity contribution in [3.8, 4) is 0 Å². The van der Waals surface area contributed by atoms with Crippen molar-refractivity contribution in [1.82, 2.24) is 19.8 Å². The first-order valence-electron chi connectivity index (χ1n) is 11.7. The van der Waals surface area contributed by atoms with Gasteiger partial charge in [-0.1, -0.05) is 40.5 Å². The first-order valence-corrected chi connectivity index (χ1v) is 12.5. The minimum Gasteiger partial charge on any atom is -0.338 e. The van der Waals surface area contributed by atoms with Gasteiger partial charge in [0.2, 0.25) is 11.9 Å². The smallest absolute Gasteiger partial charge is 0.246 e. The summed E-state index contributed by atoms with van der Waals surface area (Å²) >= 11 is 3.53. The molecule has 1 saturated carbocycles. The lowest BCUT2D eigenvalue weighted by Crippen LogP contribution is -2.52. The van der Waals surface area contributed by atoms with E-state index >= 15 is 0 Å². The molecule has 0 unspecified atom stereocenters. The quantitative estimate of drug-likeness (QED) is 0.607. The third-order valence-electron chi connectivity index (χ3n) is 7.02. The number of benzene rings is 1. The molecule has 0 radical (unpaired) electrons. The summed E-state index contributed by atoms with van der Waals surface area (Å²) < 4.78 is 0.989. The zero-order valence-corrected chi connectivity index (χ0v) is 20.0. The number of carbonyl (C=O) groups is 1. The largest absolute Gasteiger partial charge is 0.338 e. The maximum absolute atomic E-state index is 12.8. The molecule has 2 aromatic rings. The predicted octanol–water partition coefficient (Wildman–Crippen LogP) is 3.55. The molecule has 1 aromatic heterocycles. The van der Waals surface area contributed by atoms with Gasteiger partial charge in [0.25, 0.3) is 0 Å². The van der Waals surface area contributed by atoms with E-state index in [4.69, 9.17) is 9.97 Å². The van der Waals surface area contributed by atoms with Gasteiger partial charge in [-0.3, -0.25) is 9.69 Å². The van der Waals surface area contributed by atoms with Crippen LogP contribution in [0.15, 0.2) is 41.0 Å². The third kappa shape index (κ3) is 4.74. The van der Waals surface area contributed by atoms with Gasteiger partial charge in [-0.2, -0.15) is 0 Å². The number of piperazine rings is 1. The van der Waals surface area contributed by atoms with Crippen molar-refractivity contribution in [3.05, 3.63) is 57.8 Å². The average Bonchev–Trinajstić information content (AvgIpc) is 3.00. The molecule has 0 spiro atoms. The van der Waals surface area contributed by atoms with Gasteiger partial charge in [0.1, 0.15) is 0 Å². The molecule has 0 N–H and O–H groups in total. The number of amides is 1. The number of rotatable bonds is 4. The fraction of sp³-hybridized carbons (Fsp3) is 0.480. The maximum Gasteiger partial charge on any atom is 0.246 e. The second kappa shape index (κ2) is 9.71. The summed E-state index contributed by atoms with van der Waals surface area (Å²) in [5.41, 5.74) is 3.28. The molecule has 3 heterocycles. The molecule has 7 heteroatoms. The molecule has 6 nitrogen and oxygen atoms in total. The molecule has 3 aliphatic rings. The van der Waals surface area contributed by atoms with Crippen molar-refractivity contribution in [2.24, 2.45) is 0 Å². The lowest BCUT2D eigenvalue weighted by molar-refractivity contribution is -0.125. The molecule has 1 aromatic carbocycles. The Morgan fingerprint density at radius 2 is 1.81 bits per heavy atom. The van der Waals surface area contributed by atoms with Crippen LogP contribution in [-0.4, -0.2) is 71.0 Å². The Morgan fingerprint density at radius 1 is 1.03 bits per heavy atom. The Balaban J connectivity index is 1.20. The summed E-state index contributed by atoms with van der Waals surface area (Å²) in [5.74, 6) is 0.902. The summed E-state index contributed by atoms with van der Waals surface area (Å²) in [5, 5.41) is 0. The standard InChI is InChI=1S/C25H30BrN5O/c26-22-7-2-1-4-19(22)8-9-24(32)30-12-10-20-18-27-25(28-23(20)11-13-30)31-16-14-29(15-17-31)21-5-3-6-21/h1-2,4,7-9,18,21H,3,5-6,10-17H2. The molecule has 1 aliphatic carbocycles. The highest BCUT2D eigenvalue weighted by atomic mass is 79.9. The molecule has 0 bridgehead atoms. The van der Waals surface area contributed by atoms with Crippen LogP contribution in [0.4, 0.5) is 5.95 Å². The molecule has 32 heavy (non-hydrogen) atoms. The Bertz CT molecular complexity index is 998. The lowest BCUT2D eigenvalue weighted by atomic mass is 9.91. The van der Waals surface area contributed by atoms with Crippen LogP contribution in [0.3, 0.4) is 0 Å². The van der Waals surface area contributed by atoms with Gasteiger partial charge in [-0.05, 0) is 42.5 Å². The molecule has 0 atom stereocenters. The fourth-order valence-electron chi connectivity index (χ4n) is 4.75. The highest BCUT2D eigenvalue weighted by molar-refractivity contribution is 9.10. The Labute approximate surface area is 198 Å². The Hall–Kier alpha value is -2.25. The van der Waals surface area contributed by atoms with Crippen molar-refractivity contribution in [3.63, 3.8) is 0 Å². The Morgan fingerprint density at radius 3 is 2.56 bits per heavy atom. The minimum absolute atomic E-state index is 0.0499. The van der Waals surface area contributed by atoms with Crippen LogP contribution in [0.2, 0.25) is 0 Å². The van der Waals surface area contributed by atoms with Gasteiger partial charge < -0.3 is 9.80 Å². The number of aromatic nitrogens is 2. The number of nitrogens with zero attached hydrogens (tertiary/aromatic N) is 5. The fourth-order valence-corrected chi connectivity index (χ4v) is 5.17. The van der Waals surface area contributed by atoms with E-state index in [-0.39, 0.29) is 5.91 Å². The van der Waals surface area contributed by atoms with Gasteiger partial charge in [-0.15, -0.1) is 0 Å². The van der Waals surface area contributed by atoms with Gasteiger partial charge >= 0.3 is 0 Å². The van der Waals surface area contributed by atoms with Crippen LogP contribution in [0.1, 0.15) is 36.1 Å². The number of hydrogen-bond donors (Lipinski definition) is 0. The molecular weight excluding hydrogens is 466 g/mol. The van der Waals surface area contributed by atoms with E-state index in [0.29, 0.717) is 13.1 Å². The lowest BCUT2D eigenvalue weighted by Gasteiger charge is -2.43. The van der Waals surface area contributed by atoms with Crippen molar-refractivity contribution in [2.75, 3.05) is 44.2 Å². The maximum atomic E-state index is 12.8.